The van der Waals surface area contributed by atoms with Crippen LogP contribution in [0.4, 0.5) is 0 Å². The Hall–Kier alpha value is -1.65. The first kappa shape index (κ1) is 21.2. The average molecular weight is 429 g/mol. The van der Waals surface area contributed by atoms with Crippen LogP contribution in [-0.4, -0.2) is 73.6 Å². The Morgan fingerprint density at radius 3 is 2.03 bits per heavy atom. The van der Waals surface area contributed by atoms with Crippen molar-refractivity contribution in [2.75, 3.05) is 45.9 Å². The van der Waals surface area contributed by atoms with E-state index in [0.29, 0.717) is 57.3 Å². The zero-order valence-electron chi connectivity index (χ0n) is 18.5. The Balaban J connectivity index is 1.07. The summed E-state index contributed by atoms with van der Waals surface area (Å²) in [6.07, 6.45) is 8.01. The summed E-state index contributed by atoms with van der Waals surface area (Å²) in [6.45, 7) is 4.64. The van der Waals surface area contributed by atoms with Gasteiger partial charge in [0.25, 0.3) is 0 Å². The highest BCUT2D eigenvalue weighted by molar-refractivity contribution is 5.81. The van der Waals surface area contributed by atoms with Crippen molar-refractivity contribution in [1.29, 1.82) is 5.26 Å². The van der Waals surface area contributed by atoms with Gasteiger partial charge in [0.05, 0.1) is 31.1 Å². The third kappa shape index (κ3) is 4.21. The molecule has 0 aromatic rings. The molecule has 0 radical (unpaired) electrons. The molecule has 2 amide bonds. The summed E-state index contributed by atoms with van der Waals surface area (Å²) in [5.41, 5.74) is 0. The summed E-state index contributed by atoms with van der Waals surface area (Å²) in [5, 5.41) is 13.0. The number of nitrogens with one attached hydrogen (secondary N) is 1. The topological polar surface area (TPSA) is 85.7 Å². The number of ether oxygens (including phenoxy) is 1. The first-order valence-corrected chi connectivity index (χ1v) is 12.4. The van der Waals surface area contributed by atoms with Gasteiger partial charge in [-0.15, -0.1) is 0 Å². The van der Waals surface area contributed by atoms with Crippen LogP contribution in [0.25, 0.3) is 0 Å². The number of nitrogens with zero attached hydrogens (tertiary/aromatic N) is 3. The first-order valence-electron chi connectivity index (χ1n) is 12.4. The third-order valence-corrected chi connectivity index (χ3v) is 8.90. The fraction of sp³-hybridized carbons (Fsp3) is 0.875. The maximum atomic E-state index is 13.1. The van der Waals surface area contributed by atoms with Crippen LogP contribution in [0.5, 0.6) is 0 Å². The molecule has 7 nitrogen and oxygen atoms in total. The van der Waals surface area contributed by atoms with Crippen molar-refractivity contribution >= 4 is 11.8 Å². The summed E-state index contributed by atoms with van der Waals surface area (Å²) >= 11 is 0. The smallest absolute Gasteiger partial charge is 0.230 e. The van der Waals surface area contributed by atoms with Gasteiger partial charge >= 0.3 is 0 Å². The molecule has 3 saturated heterocycles. The summed E-state index contributed by atoms with van der Waals surface area (Å²) in [6, 6.07) is 3.08. The lowest BCUT2D eigenvalue weighted by molar-refractivity contribution is -0.154. The fourth-order valence-corrected chi connectivity index (χ4v) is 6.82. The van der Waals surface area contributed by atoms with E-state index in [9.17, 15) is 14.9 Å². The molecule has 0 bridgehead atoms. The molecule has 0 spiro atoms. The monoisotopic (exact) mass is 428 g/mol. The van der Waals surface area contributed by atoms with Crippen molar-refractivity contribution in [1.82, 2.24) is 15.1 Å². The number of rotatable bonds is 3. The zero-order valence-corrected chi connectivity index (χ0v) is 18.5. The molecule has 5 fully saturated rings. The molecular formula is C24H36N4O3. The predicted octanol–water partition coefficient (Wildman–Crippen LogP) is 1.64. The van der Waals surface area contributed by atoms with Crippen molar-refractivity contribution in [2.45, 2.75) is 51.0 Å². The van der Waals surface area contributed by atoms with Gasteiger partial charge in [0, 0.05) is 44.7 Å². The van der Waals surface area contributed by atoms with Crippen LogP contribution in [-0.2, 0) is 14.3 Å². The third-order valence-electron chi connectivity index (χ3n) is 8.90. The molecule has 31 heavy (non-hydrogen) atoms. The van der Waals surface area contributed by atoms with E-state index in [1.165, 1.54) is 19.3 Å². The number of carbonyl (C=O) groups is 2. The van der Waals surface area contributed by atoms with E-state index in [0.717, 1.165) is 44.1 Å². The van der Waals surface area contributed by atoms with E-state index >= 15 is 0 Å². The number of nitriles is 1. The molecule has 7 heteroatoms. The average Bonchev–Trinajstić information content (AvgIpc) is 3.20. The quantitative estimate of drug-likeness (QED) is 0.739. The van der Waals surface area contributed by atoms with Crippen LogP contribution in [0.2, 0.25) is 0 Å². The minimum atomic E-state index is 0.0380. The van der Waals surface area contributed by atoms with Gasteiger partial charge < -0.3 is 19.9 Å². The van der Waals surface area contributed by atoms with Gasteiger partial charge in [-0.2, -0.15) is 5.26 Å². The van der Waals surface area contributed by atoms with Gasteiger partial charge in [-0.05, 0) is 62.7 Å². The number of hydrogen-bond donors (Lipinski definition) is 1. The van der Waals surface area contributed by atoms with Crippen LogP contribution in [0.1, 0.15) is 44.9 Å². The van der Waals surface area contributed by atoms with Gasteiger partial charge in [-0.1, -0.05) is 0 Å². The maximum absolute atomic E-state index is 13.1. The second kappa shape index (κ2) is 9.07. The number of carbonyl (C=O) groups excluding carboxylic acids is 2. The van der Waals surface area contributed by atoms with Crippen molar-refractivity contribution in [2.24, 2.45) is 35.5 Å². The Bertz CT molecular complexity index is 717. The summed E-state index contributed by atoms with van der Waals surface area (Å²) in [7, 11) is 0. The standard InChI is InChI=1S/C24H36N4O3/c25-12-19-13-26-22-6-5-18(11-21(19)22)16-1-3-17(4-2-16)23(29)27-7-9-28(10-8-27)24(30)20-14-31-15-20/h16-22,26H,1-11,13-15H2. The highest BCUT2D eigenvalue weighted by Gasteiger charge is 2.43. The van der Waals surface area contributed by atoms with E-state index in [4.69, 9.17) is 4.74 Å². The SMILES string of the molecule is N#CC1CNC2CCC(C3CCC(C(=O)N4CCN(C(=O)C5COC5)CC4)CC3)CC12. The van der Waals surface area contributed by atoms with E-state index in [2.05, 4.69) is 11.4 Å². The lowest BCUT2D eigenvalue weighted by atomic mass is 9.66. The maximum Gasteiger partial charge on any atom is 0.230 e. The highest BCUT2D eigenvalue weighted by atomic mass is 16.5. The molecule has 3 aliphatic heterocycles. The Labute approximate surface area is 185 Å². The Morgan fingerprint density at radius 2 is 1.45 bits per heavy atom. The minimum Gasteiger partial charge on any atom is -0.380 e. The number of amides is 2. The fourth-order valence-electron chi connectivity index (χ4n) is 6.82. The van der Waals surface area contributed by atoms with Gasteiger partial charge in [-0.25, -0.2) is 0 Å². The molecule has 2 aliphatic carbocycles. The molecule has 170 valence electrons. The second-order valence-electron chi connectivity index (χ2n) is 10.5. The molecule has 5 rings (SSSR count). The zero-order chi connectivity index (χ0) is 21.4. The van der Waals surface area contributed by atoms with Gasteiger partial charge in [-0.3, -0.25) is 9.59 Å². The van der Waals surface area contributed by atoms with Crippen molar-refractivity contribution in [3.8, 4) is 6.07 Å². The van der Waals surface area contributed by atoms with Gasteiger partial charge in [0.15, 0.2) is 0 Å². The van der Waals surface area contributed by atoms with Crippen LogP contribution in [0.3, 0.4) is 0 Å². The van der Waals surface area contributed by atoms with Crippen LogP contribution >= 0.6 is 0 Å². The number of fused-ring (bicyclic) bond motifs is 1. The molecule has 0 aromatic heterocycles. The normalized spacial score (nSPS) is 38.8. The molecular weight excluding hydrogens is 392 g/mol. The van der Waals surface area contributed by atoms with E-state index in [-0.39, 0.29) is 23.7 Å². The van der Waals surface area contributed by atoms with E-state index < -0.39 is 0 Å². The highest BCUT2D eigenvalue weighted by Crippen LogP contribution is 2.45. The number of piperazine rings is 1. The molecule has 3 heterocycles. The number of hydrogen-bond acceptors (Lipinski definition) is 5. The van der Waals surface area contributed by atoms with E-state index in [1.807, 2.05) is 9.80 Å². The lowest BCUT2D eigenvalue weighted by Crippen LogP contribution is -2.55. The largest absolute Gasteiger partial charge is 0.380 e. The van der Waals surface area contributed by atoms with Crippen molar-refractivity contribution in [3.05, 3.63) is 0 Å². The van der Waals surface area contributed by atoms with Gasteiger partial charge in [0.2, 0.25) is 11.8 Å². The molecule has 4 atom stereocenters. The Morgan fingerprint density at radius 1 is 0.839 bits per heavy atom. The van der Waals surface area contributed by atoms with Crippen molar-refractivity contribution < 1.29 is 14.3 Å². The molecule has 0 aromatic carbocycles. The molecule has 5 aliphatic rings. The van der Waals surface area contributed by atoms with Crippen LogP contribution in [0, 0.1) is 46.8 Å². The predicted molar refractivity (Wildman–Crippen MR) is 115 cm³/mol. The van der Waals surface area contributed by atoms with Crippen LogP contribution in [0.15, 0.2) is 0 Å². The molecule has 4 unspecified atom stereocenters. The summed E-state index contributed by atoms with van der Waals surface area (Å²) < 4.78 is 5.14. The minimum absolute atomic E-state index is 0.0380. The second-order valence-corrected chi connectivity index (χ2v) is 10.5. The van der Waals surface area contributed by atoms with Crippen LogP contribution < -0.4 is 5.32 Å². The summed E-state index contributed by atoms with van der Waals surface area (Å²) in [5.74, 6) is 2.89. The molecule has 2 saturated carbocycles. The lowest BCUT2D eigenvalue weighted by Gasteiger charge is -2.42. The first-order chi connectivity index (χ1) is 15.1. The van der Waals surface area contributed by atoms with E-state index in [1.54, 1.807) is 0 Å². The molecule has 1 N–H and O–H groups in total. The summed E-state index contributed by atoms with van der Waals surface area (Å²) in [4.78, 5) is 29.4. The van der Waals surface area contributed by atoms with Crippen molar-refractivity contribution in [3.63, 3.8) is 0 Å². The van der Waals surface area contributed by atoms with Gasteiger partial charge in [0.1, 0.15) is 0 Å². The Kier molecular flexibility index (Phi) is 6.21.